The predicted molar refractivity (Wildman–Crippen MR) is 47.8 cm³/mol. The molecule has 0 saturated carbocycles. The van der Waals surface area contributed by atoms with Crippen LogP contribution in [0.3, 0.4) is 0 Å². The van der Waals surface area contributed by atoms with Crippen LogP contribution < -0.4 is 5.73 Å². The Bertz CT molecular complexity index is 157. The fourth-order valence-electron chi connectivity index (χ4n) is 0.416. The molecule has 0 aromatic carbocycles. The van der Waals surface area contributed by atoms with Crippen molar-refractivity contribution in [2.45, 2.75) is 12.5 Å². The molecule has 0 amide bonds. The summed E-state index contributed by atoms with van der Waals surface area (Å²) in [5.41, 5.74) is 4.33. The summed E-state index contributed by atoms with van der Waals surface area (Å²) in [6.45, 7) is 5.02. The molecule has 0 saturated heterocycles. The number of aliphatic carboxylic acids is 1. The SMILES string of the molecule is C=CCSCC(C)(N)C(=O)O. The number of rotatable bonds is 5. The van der Waals surface area contributed by atoms with E-state index >= 15 is 0 Å². The van der Waals surface area contributed by atoms with Crippen molar-refractivity contribution in [3.05, 3.63) is 12.7 Å². The first-order valence-corrected chi connectivity index (χ1v) is 4.37. The molecule has 0 rings (SSSR count). The lowest BCUT2D eigenvalue weighted by atomic mass is 10.1. The van der Waals surface area contributed by atoms with Crippen LogP contribution in [0.15, 0.2) is 12.7 Å². The van der Waals surface area contributed by atoms with Crippen LogP contribution in [0.1, 0.15) is 6.92 Å². The van der Waals surface area contributed by atoms with Crippen LogP contribution in [-0.2, 0) is 4.79 Å². The summed E-state index contributed by atoms with van der Waals surface area (Å²) in [6.07, 6.45) is 1.72. The number of hydrogen-bond donors (Lipinski definition) is 2. The first-order chi connectivity index (χ1) is 5.00. The van der Waals surface area contributed by atoms with Gasteiger partial charge in [0.1, 0.15) is 5.54 Å². The summed E-state index contributed by atoms with van der Waals surface area (Å²) in [5, 5.41) is 8.58. The third kappa shape index (κ3) is 4.06. The zero-order valence-electron chi connectivity index (χ0n) is 6.54. The Balaban J connectivity index is 3.72. The lowest BCUT2D eigenvalue weighted by Gasteiger charge is -2.17. The molecule has 64 valence electrons. The van der Waals surface area contributed by atoms with Gasteiger partial charge in [0.05, 0.1) is 0 Å². The zero-order valence-corrected chi connectivity index (χ0v) is 7.36. The number of carboxylic acid groups (broad SMARTS) is 1. The van der Waals surface area contributed by atoms with E-state index < -0.39 is 11.5 Å². The van der Waals surface area contributed by atoms with Crippen molar-refractivity contribution >= 4 is 17.7 Å². The van der Waals surface area contributed by atoms with E-state index in [1.165, 1.54) is 18.7 Å². The van der Waals surface area contributed by atoms with Crippen molar-refractivity contribution in [3.63, 3.8) is 0 Å². The smallest absolute Gasteiger partial charge is 0.324 e. The molecule has 1 atom stereocenters. The van der Waals surface area contributed by atoms with Gasteiger partial charge in [-0.3, -0.25) is 4.79 Å². The van der Waals surface area contributed by atoms with E-state index in [-0.39, 0.29) is 0 Å². The van der Waals surface area contributed by atoms with Crippen molar-refractivity contribution in [3.8, 4) is 0 Å². The van der Waals surface area contributed by atoms with Crippen LogP contribution in [0, 0.1) is 0 Å². The highest BCUT2D eigenvalue weighted by molar-refractivity contribution is 7.99. The fraction of sp³-hybridized carbons (Fsp3) is 0.571. The quantitative estimate of drug-likeness (QED) is 0.477. The minimum absolute atomic E-state index is 0.411. The monoisotopic (exact) mass is 175 g/mol. The number of thioether (sulfide) groups is 1. The van der Waals surface area contributed by atoms with E-state index in [1.807, 2.05) is 0 Å². The average Bonchev–Trinajstić information content (AvgIpc) is 1.88. The summed E-state index contributed by atoms with van der Waals surface area (Å²) in [4.78, 5) is 10.5. The minimum Gasteiger partial charge on any atom is -0.480 e. The Kier molecular flexibility index (Phi) is 4.22. The molecule has 0 bridgehead atoms. The highest BCUT2D eigenvalue weighted by Gasteiger charge is 2.26. The summed E-state index contributed by atoms with van der Waals surface area (Å²) in [7, 11) is 0. The zero-order chi connectivity index (χ0) is 8.91. The van der Waals surface area contributed by atoms with Gasteiger partial charge in [0.15, 0.2) is 0 Å². The first-order valence-electron chi connectivity index (χ1n) is 3.21. The van der Waals surface area contributed by atoms with Crippen LogP contribution in [0.2, 0.25) is 0 Å². The second-order valence-corrected chi connectivity index (χ2v) is 3.56. The Morgan fingerprint density at radius 1 is 1.91 bits per heavy atom. The minimum atomic E-state index is -1.12. The average molecular weight is 175 g/mol. The fourth-order valence-corrected chi connectivity index (χ4v) is 1.25. The van der Waals surface area contributed by atoms with Crippen LogP contribution in [0.4, 0.5) is 0 Å². The molecule has 1 unspecified atom stereocenters. The second kappa shape index (κ2) is 4.41. The Morgan fingerprint density at radius 3 is 2.82 bits per heavy atom. The molecule has 0 spiro atoms. The molecule has 11 heavy (non-hydrogen) atoms. The Hall–Kier alpha value is -0.480. The molecular weight excluding hydrogens is 162 g/mol. The summed E-state index contributed by atoms with van der Waals surface area (Å²) in [5.74, 6) is 0.183. The van der Waals surface area contributed by atoms with Gasteiger partial charge in [0.2, 0.25) is 0 Å². The lowest BCUT2D eigenvalue weighted by molar-refractivity contribution is -0.141. The molecular formula is C7H13NO2S. The number of nitrogens with two attached hydrogens (primary N) is 1. The van der Waals surface area contributed by atoms with Crippen molar-refractivity contribution in [1.29, 1.82) is 0 Å². The highest BCUT2D eigenvalue weighted by Crippen LogP contribution is 2.10. The molecule has 3 nitrogen and oxygen atoms in total. The van der Waals surface area contributed by atoms with Gasteiger partial charge in [0, 0.05) is 11.5 Å². The predicted octanol–water partition coefficient (Wildman–Crippen LogP) is 0.708. The van der Waals surface area contributed by atoms with Gasteiger partial charge in [-0.1, -0.05) is 6.08 Å². The molecule has 0 fully saturated rings. The normalized spacial score (nSPS) is 15.5. The number of carbonyl (C=O) groups is 1. The molecule has 0 aromatic heterocycles. The van der Waals surface area contributed by atoms with Crippen molar-refractivity contribution in [2.75, 3.05) is 11.5 Å². The number of hydrogen-bond acceptors (Lipinski definition) is 3. The third-order valence-electron chi connectivity index (χ3n) is 1.13. The molecule has 0 aromatic rings. The van der Waals surface area contributed by atoms with Crippen molar-refractivity contribution in [1.82, 2.24) is 0 Å². The van der Waals surface area contributed by atoms with Crippen LogP contribution in [-0.4, -0.2) is 28.1 Å². The maximum Gasteiger partial charge on any atom is 0.324 e. The Labute approximate surface area is 70.7 Å². The molecule has 4 heteroatoms. The van der Waals surface area contributed by atoms with Gasteiger partial charge in [-0.05, 0) is 6.92 Å². The lowest BCUT2D eigenvalue weighted by Crippen LogP contribution is -2.47. The number of carboxylic acids is 1. The van der Waals surface area contributed by atoms with E-state index in [4.69, 9.17) is 10.8 Å². The molecule has 0 aliphatic heterocycles. The van der Waals surface area contributed by atoms with E-state index in [2.05, 4.69) is 6.58 Å². The highest BCUT2D eigenvalue weighted by atomic mass is 32.2. The summed E-state index contributed by atoms with van der Waals surface area (Å²) >= 11 is 1.46. The van der Waals surface area contributed by atoms with Gasteiger partial charge >= 0.3 is 5.97 Å². The topological polar surface area (TPSA) is 63.3 Å². The summed E-state index contributed by atoms with van der Waals surface area (Å²) < 4.78 is 0. The molecule has 0 aliphatic rings. The van der Waals surface area contributed by atoms with Gasteiger partial charge in [-0.2, -0.15) is 11.8 Å². The standard InChI is InChI=1S/C7H13NO2S/c1-3-4-11-5-7(2,8)6(9)10/h3H,1,4-5,8H2,2H3,(H,9,10). The maximum atomic E-state index is 10.5. The first kappa shape index (κ1) is 10.5. The molecule has 3 N–H and O–H groups in total. The Morgan fingerprint density at radius 2 is 2.45 bits per heavy atom. The van der Waals surface area contributed by atoms with E-state index in [9.17, 15) is 4.79 Å². The van der Waals surface area contributed by atoms with Crippen molar-refractivity contribution in [2.24, 2.45) is 5.73 Å². The maximum absolute atomic E-state index is 10.5. The van der Waals surface area contributed by atoms with E-state index in [1.54, 1.807) is 6.08 Å². The molecule has 0 heterocycles. The van der Waals surface area contributed by atoms with Crippen LogP contribution in [0.25, 0.3) is 0 Å². The molecule has 0 aliphatic carbocycles. The van der Waals surface area contributed by atoms with Gasteiger partial charge in [0.25, 0.3) is 0 Å². The van der Waals surface area contributed by atoms with E-state index in [0.29, 0.717) is 5.75 Å². The summed E-state index contributed by atoms with van der Waals surface area (Å²) in [6, 6.07) is 0. The van der Waals surface area contributed by atoms with Gasteiger partial charge in [-0.15, -0.1) is 6.58 Å². The largest absolute Gasteiger partial charge is 0.480 e. The van der Waals surface area contributed by atoms with Crippen molar-refractivity contribution < 1.29 is 9.90 Å². The molecule has 0 radical (unpaired) electrons. The van der Waals surface area contributed by atoms with Gasteiger partial charge in [-0.25, -0.2) is 0 Å². The third-order valence-corrected chi connectivity index (χ3v) is 2.40. The van der Waals surface area contributed by atoms with Gasteiger partial charge < -0.3 is 10.8 Å². The van der Waals surface area contributed by atoms with Crippen LogP contribution in [0.5, 0.6) is 0 Å². The van der Waals surface area contributed by atoms with Crippen LogP contribution >= 0.6 is 11.8 Å². The van der Waals surface area contributed by atoms with E-state index in [0.717, 1.165) is 5.75 Å². The second-order valence-electron chi connectivity index (χ2n) is 2.53.